The molecule has 0 aliphatic carbocycles. The minimum Gasteiger partial charge on any atom is -0.486 e. The predicted octanol–water partition coefficient (Wildman–Crippen LogP) is 2.92. The van der Waals surface area contributed by atoms with Gasteiger partial charge in [0.25, 0.3) is 0 Å². The molecular weight excluding hydrogens is 220 g/mol. The van der Waals surface area contributed by atoms with Crippen molar-refractivity contribution in [3.05, 3.63) is 39.7 Å². The molecule has 2 rings (SSSR count). The lowest BCUT2D eigenvalue weighted by Crippen LogP contribution is -1.98. The predicted molar refractivity (Wildman–Crippen MR) is 66.8 cm³/mol. The van der Waals surface area contributed by atoms with Gasteiger partial charge < -0.3 is 10.5 Å². The van der Waals surface area contributed by atoms with E-state index in [1.165, 1.54) is 22.5 Å². The summed E-state index contributed by atoms with van der Waals surface area (Å²) >= 11 is 1.52. The molecule has 84 valence electrons. The zero-order chi connectivity index (χ0) is 11.5. The van der Waals surface area contributed by atoms with E-state index in [2.05, 4.69) is 24.9 Å². The molecule has 0 unspecified atom stereocenters. The topological polar surface area (TPSA) is 48.1 Å². The van der Waals surface area contributed by atoms with E-state index in [0.29, 0.717) is 12.4 Å². The molecule has 2 N–H and O–H groups in total. The van der Waals surface area contributed by atoms with Crippen molar-refractivity contribution >= 4 is 17.2 Å². The molecule has 0 aliphatic heterocycles. The maximum absolute atomic E-state index is 5.71. The summed E-state index contributed by atoms with van der Waals surface area (Å²) < 4.78 is 5.71. The number of thiazole rings is 1. The molecule has 0 fully saturated rings. The number of nitrogens with two attached hydrogens (primary N) is 1. The summed E-state index contributed by atoms with van der Waals surface area (Å²) in [6, 6.07) is 6.04. The first-order chi connectivity index (χ1) is 7.66. The Kier molecular flexibility index (Phi) is 3.10. The molecule has 2 aromatic rings. The van der Waals surface area contributed by atoms with Gasteiger partial charge in [-0.15, -0.1) is 11.3 Å². The minimum atomic E-state index is 0.478. The van der Waals surface area contributed by atoms with Crippen LogP contribution in [0.5, 0.6) is 5.75 Å². The van der Waals surface area contributed by atoms with E-state index < -0.39 is 0 Å². The van der Waals surface area contributed by atoms with Crippen LogP contribution >= 0.6 is 11.3 Å². The van der Waals surface area contributed by atoms with Crippen molar-refractivity contribution in [2.75, 3.05) is 5.73 Å². The third-order valence-corrected chi connectivity index (χ3v) is 3.32. The highest BCUT2D eigenvalue weighted by molar-refractivity contribution is 7.09. The first kappa shape index (κ1) is 11.0. The second kappa shape index (κ2) is 4.53. The lowest BCUT2D eigenvalue weighted by Gasteiger charge is -2.09. The van der Waals surface area contributed by atoms with Gasteiger partial charge in [0.05, 0.1) is 0 Å². The summed E-state index contributed by atoms with van der Waals surface area (Å²) in [5.74, 6) is 1.47. The Morgan fingerprint density at radius 2 is 2.19 bits per heavy atom. The number of hydrogen-bond donors (Lipinski definition) is 1. The van der Waals surface area contributed by atoms with Crippen LogP contribution in [0.15, 0.2) is 23.6 Å². The van der Waals surface area contributed by atoms with Gasteiger partial charge in [-0.1, -0.05) is 12.1 Å². The summed E-state index contributed by atoms with van der Waals surface area (Å²) in [4.78, 5) is 4.15. The number of rotatable bonds is 3. The van der Waals surface area contributed by atoms with Gasteiger partial charge in [0.1, 0.15) is 23.2 Å². The largest absolute Gasteiger partial charge is 0.486 e. The van der Waals surface area contributed by atoms with Gasteiger partial charge >= 0.3 is 0 Å². The maximum Gasteiger partial charge on any atom is 0.140 e. The van der Waals surface area contributed by atoms with Crippen LogP contribution < -0.4 is 10.5 Å². The van der Waals surface area contributed by atoms with Crippen LogP contribution in [-0.2, 0) is 6.61 Å². The van der Waals surface area contributed by atoms with E-state index in [0.717, 1.165) is 10.8 Å². The maximum atomic E-state index is 5.71. The molecule has 0 saturated carbocycles. The number of nitrogen functional groups attached to an aromatic ring is 1. The van der Waals surface area contributed by atoms with E-state index in [4.69, 9.17) is 10.5 Å². The highest BCUT2D eigenvalue weighted by atomic mass is 32.1. The summed E-state index contributed by atoms with van der Waals surface area (Å²) in [5, 5.41) is 2.72. The summed E-state index contributed by atoms with van der Waals surface area (Å²) in [6.45, 7) is 4.61. The Morgan fingerprint density at radius 3 is 2.88 bits per heavy atom. The van der Waals surface area contributed by atoms with Gasteiger partial charge in [-0.05, 0) is 31.0 Å². The summed E-state index contributed by atoms with van der Waals surface area (Å²) in [7, 11) is 0. The molecule has 0 spiro atoms. The van der Waals surface area contributed by atoms with Crippen molar-refractivity contribution in [1.82, 2.24) is 4.98 Å². The first-order valence-corrected chi connectivity index (χ1v) is 5.93. The lowest BCUT2D eigenvalue weighted by molar-refractivity contribution is 0.303. The van der Waals surface area contributed by atoms with Crippen molar-refractivity contribution in [1.29, 1.82) is 0 Å². The fraction of sp³-hybridized carbons (Fsp3) is 0.250. The quantitative estimate of drug-likeness (QED) is 0.888. The highest BCUT2D eigenvalue weighted by Crippen LogP contribution is 2.22. The fourth-order valence-electron chi connectivity index (χ4n) is 1.41. The van der Waals surface area contributed by atoms with E-state index in [1.807, 2.05) is 17.5 Å². The molecule has 0 amide bonds. The smallest absolute Gasteiger partial charge is 0.140 e. The average Bonchev–Trinajstić information content (AvgIpc) is 2.67. The Balaban J connectivity index is 2.07. The zero-order valence-corrected chi connectivity index (χ0v) is 10.2. The third-order valence-electron chi connectivity index (χ3n) is 2.48. The number of nitrogens with zero attached hydrogens (tertiary/aromatic N) is 1. The van der Waals surface area contributed by atoms with Crippen molar-refractivity contribution in [2.24, 2.45) is 0 Å². The number of hydrogen-bond acceptors (Lipinski definition) is 4. The molecule has 16 heavy (non-hydrogen) atoms. The molecule has 0 atom stereocenters. The van der Waals surface area contributed by atoms with Gasteiger partial charge in [0.2, 0.25) is 0 Å². The van der Waals surface area contributed by atoms with Gasteiger partial charge in [-0.2, -0.15) is 0 Å². The van der Waals surface area contributed by atoms with Crippen LogP contribution in [0.3, 0.4) is 0 Å². The van der Waals surface area contributed by atoms with Crippen LogP contribution in [0, 0.1) is 13.8 Å². The standard InChI is InChI=1S/C12H14N2OS/c1-8-4-3-5-10(9(8)2)15-6-12-14-11(13)7-16-12/h3-5,7H,6,13H2,1-2H3. The van der Waals surface area contributed by atoms with Crippen molar-refractivity contribution < 1.29 is 4.74 Å². The van der Waals surface area contributed by atoms with Crippen LogP contribution in [0.25, 0.3) is 0 Å². The molecule has 0 saturated heterocycles. The van der Waals surface area contributed by atoms with Crippen molar-refractivity contribution in [2.45, 2.75) is 20.5 Å². The van der Waals surface area contributed by atoms with E-state index in [1.54, 1.807) is 0 Å². The van der Waals surface area contributed by atoms with Gasteiger partial charge in [-0.25, -0.2) is 4.98 Å². The third kappa shape index (κ3) is 2.33. The Hall–Kier alpha value is -1.55. The molecule has 4 heteroatoms. The number of aryl methyl sites for hydroxylation is 1. The van der Waals surface area contributed by atoms with E-state index in [-0.39, 0.29) is 0 Å². The molecule has 0 radical (unpaired) electrons. The zero-order valence-electron chi connectivity index (χ0n) is 9.36. The van der Waals surface area contributed by atoms with Crippen LogP contribution in [0.2, 0.25) is 0 Å². The van der Waals surface area contributed by atoms with Gasteiger partial charge in [0.15, 0.2) is 0 Å². The molecule has 0 bridgehead atoms. The van der Waals surface area contributed by atoms with Crippen LogP contribution in [0.1, 0.15) is 16.1 Å². The SMILES string of the molecule is Cc1cccc(OCc2nc(N)cs2)c1C. The summed E-state index contributed by atoms with van der Waals surface area (Å²) in [6.07, 6.45) is 0. The number of anilines is 1. The summed E-state index contributed by atoms with van der Waals surface area (Å²) in [5.41, 5.74) is 7.95. The van der Waals surface area contributed by atoms with Gasteiger partial charge in [-0.3, -0.25) is 0 Å². The average molecular weight is 234 g/mol. The number of ether oxygens (including phenoxy) is 1. The monoisotopic (exact) mass is 234 g/mol. The Bertz CT molecular complexity index is 494. The second-order valence-corrected chi connectivity index (χ2v) is 4.60. The Morgan fingerprint density at radius 1 is 1.38 bits per heavy atom. The molecule has 0 aliphatic rings. The number of benzene rings is 1. The molecule has 3 nitrogen and oxygen atoms in total. The van der Waals surface area contributed by atoms with Gasteiger partial charge in [0, 0.05) is 5.38 Å². The van der Waals surface area contributed by atoms with E-state index >= 15 is 0 Å². The second-order valence-electron chi connectivity index (χ2n) is 3.65. The lowest BCUT2D eigenvalue weighted by atomic mass is 10.1. The van der Waals surface area contributed by atoms with Crippen molar-refractivity contribution in [3.63, 3.8) is 0 Å². The minimum absolute atomic E-state index is 0.478. The van der Waals surface area contributed by atoms with E-state index in [9.17, 15) is 0 Å². The fourth-order valence-corrected chi connectivity index (χ4v) is 2.01. The molecule has 1 heterocycles. The normalized spacial score (nSPS) is 10.4. The molecular formula is C12H14N2OS. The number of aromatic nitrogens is 1. The van der Waals surface area contributed by atoms with Crippen molar-refractivity contribution in [3.8, 4) is 5.75 Å². The first-order valence-electron chi connectivity index (χ1n) is 5.05. The highest BCUT2D eigenvalue weighted by Gasteiger charge is 2.04. The molecule has 1 aromatic heterocycles. The Labute approximate surface area is 98.9 Å². The molecule has 1 aromatic carbocycles. The van der Waals surface area contributed by atoms with Crippen LogP contribution in [0.4, 0.5) is 5.82 Å². The van der Waals surface area contributed by atoms with Crippen LogP contribution in [-0.4, -0.2) is 4.98 Å².